The van der Waals surface area contributed by atoms with Crippen LogP contribution >= 0.6 is 0 Å². The molecule has 0 aliphatic rings. The third kappa shape index (κ3) is 6.24. The van der Waals surface area contributed by atoms with Crippen LogP contribution in [0.5, 0.6) is 0 Å². The van der Waals surface area contributed by atoms with Gasteiger partial charge in [0, 0.05) is 5.69 Å². The highest BCUT2D eigenvalue weighted by Crippen LogP contribution is 2.16. The summed E-state index contributed by atoms with van der Waals surface area (Å²) in [6, 6.07) is 6.80. The van der Waals surface area contributed by atoms with E-state index in [1.807, 2.05) is 13.0 Å². The first-order chi connectivity index (χ1) is 9.15. The van der Waals surface area contributed by atoms with Crippen LogP contribution in [0, 0.1) is 24.1 Å². The molecule has 0 radical (unpaired) electrons. The summed E-state index contributed by atoms with van der Waals surface area (Å²) >= 11 is 0. The van der Waals surface area contributed by atoms with Crippen molar-refractivity contribution in [1.82, 2.24) is 0 Å². The Morgan fingerprint density at radius 1 is 1.21 bits per heavy atom. The van der Waals surface area contributed by atoms with E-state index in [0.717, 1.165) is 24.8 Å². The molecule has 104 valence electrons. The Morgan fingerprint density at radius 3 is 2.58 bits per heavy atom. The van der Waals surface area contributed by atoms with Crippen LogP contribution in [0.3, 0.4) is 0 Å². The van der Waals surface area contributed by atoms with Crippen LogP contribution in [0.25, 0.3) is 0 Å². The van der Waals surface area contributed by atoms with Gasteiger partial charge < -0.3 is 5.32 Å². The first kappa shape index (κ1) is 15.5. The van der Waals surface area contributed by atoms with Gasteiger partial charge in [-0.25, -0.2) is 4.39 Å². The molecule has 1 aromatic carbocycles. The first-order valence-corrected chi connectivity index (χ1v) is 7.09. The Labute approximate surface area is 115 Å². The maximum absolute atomic E-state index is 13.3. The number of aryl methyl sites for hydroxylation is 1. The van der Waals surface area contributed by atoms with E-state index in [9.17, 15) is 4.39 Å². The molecule has 0 amide bonds. The molecule has 3 heteroatoms. The zero-order chi connectivity index (χ0) is 14.1. The molecule has 0 aliphatic heterocycles. The molecule has 1 atom stereocenters. The summed E-state index contributed by atoms with van der Waals surface area (Å²) in [6.45, 7) is 4.03. The van der Waals surface area contributed by atoms with Crippen molar-refractivity contribution in [3.63, 3.8) is 0 Å². The van der Waals surface area contributed by atoms with E-state index < -0.39 is 0 Å². The molecular formula is C16H23FN2. The van der Waals surface area contributed by atoms with Gasteiger partial charge in [-0.15, -0.1) is 0 Å². The van der Waals surface area contributed by atoms with Gasteiger partial charge in [0.15, 0.2) is 0 Å². The van der Waals surface area contributed by atoms with E-state index in [-0.39, 0.29) is 11.9 Å². The predicted octanol–water partition coefficient (Wildman–Crippen LogP) is 4.80. The fourth-order valence-electron chi connectivity index (χ4n) is 2.14. The Kier molecular flexibility index (Phi) is 6.95. The Balaban J connectivity index is 2.41. The minimum absolute atomic E-state index is 0.233. The number of nitrogens with zero attached hydrogens (tertiary/aromatic N) is 1. The molecule has 2 nitrogen and oxygen atoms in total. The van der Waals surface area contributed by atoms with Crippen molar-refractivity contribution < 1.29 is 4.39 Å². The van der Waals surface area contributed by atoms with Crippen molar-refractivity contribution in [1.29, 1.82) is 5.26 Å². The molecule has 0 bridgehead atoms. The number of unbranched alkanes of at least 4 members (excludes halogenated alkanes) is 4. The number of nitriles is 1. The summed E-state index contributed by atoms with van der Waals surface area (Å²) < 4.78 is 13.3. The lowest BCUT2D eigenvalue weighted by molar-refractivity contribution is 0.596. The van der Waals surface area contributed by atoms with Crippen molar-refractivity contribution in [3.8, 4) is 6.07 Å². The maximum Gasteiger partial charge on any atom is 0.125 e. The zero-order valence-electron chi connectivity index (χ0n) is 11.9. The van der Waals surface area contributed by atoms with Gasteiger partial charge in [-0.3, -0.25) is 0 Å². The molecule has 0 spiro atoms. The predicted molar refractivity (Wildman–Crippen MR) is 77.5 cm³/mol. The van der Waals surface area contributed by atoms with Gasteiger partial charge in [0.05, 0.1) is 6.07 Å². The second-order valence-corrected chi connectivity index (χ2v) is 5.05. The summed E-state index contributed by atoms with van der Waals surface area (Å²) in [5.74, 6) is -0.262. The van der Waals surface area contributed by atoms with Crippen molar-refractivity contribution >= 4 is 5.69 Å². The summed E-state index contributed by atoms with van der Waals surface area (Å²) in [4.78, 5) is 0. The van der Waals surface area contributed by atoms with Gasteiger partial charge in [-0.05, 0) is 37.1 Å². The molecule has 0 aromatic heterocycles. The number of halogens is 1. The molecular weight excluding hydrogens is 239 g/mol. The minimum atomic E-state index is -0.262. The number of benzene rings is 1. The lowest BCUT2D eigenvalue weighted by Gasteiger charge is -2.13. The molecule has 0 aliphatic carbocycles. The average Bonchev–Trinajstić information content (AvgIpc) is 2.36. The van der Waals surface area contributed by atoms with Gasteiger partial charge >= 0.3 is 0 Å². The average molecular weight is 262 g/mol. The number of hydrogen-bond acceptors (Lipinski definition) is 2. The molecule has 1 unspecified atom stereocenters. The molecule has 1 aromatic rings. The van der Waals surface area contributed by atoms with Crippen LogP contribution in [0.4, 0.5) is 10.1 Å². The minimum Gasteiger partial charge on any atom is -0.370 e. The summed E-state index contributed by atoms with van der Waals surface area (Å²) in [5.41, 5.74) is 1.56. The van der Waals surface area contributed by atoms with Gasteiger partial charge in [0.25, 0.3) is 0 Å². The van der Waals surface area contributed by atoms with Gasteiger partial charge in [-0.1, -0.05) is 39.0 Å². The highest BCUT2D eigenvalue weighted by atomic mass is 19.1. The third-order valence-electron chi connectivity index (χ3n) is 3.14. The lowest BCUT2D eigenvalue weighted by atomic mass is 10.1. The van der Waals surface area contributed by atoms with Crippen molar-refractivity contribution in [2.24, 2.45) is 0 Å². The van der Waals surface area contributed by atoms with Crippen molar-refractivity contribution in [3.05, 3.63) is 29.6 Å². The van der Waals surface area contributed by atoms with Gasteiger partial charge in [0.2, 0.25) is 0 Å². The molecule has 0 saturated carbocycles. The molecule has 1 N–H and O–H groups in total. The number of anilines is 1. The van der Waals surface area contributed by atoms with Crippen LogP contribution < -0.4 is 5.32 Å². The van der Waals surface area contributed by atoms with Gasteiger partial charge in [-0.2, -0.15) is 5.26 Å². The van der Waals surface area contributed by atoms with Crippen molar-refractivity contribution in [2.75, 3.05) is 5.32 Å². The largest absolute Gasteiger partial charge is 0.370 e. The van der Waals surface area contributed by atoms with E-state index >= 15 is 0 Å². The Hall–Kier alpha value is -1.56. The Morgan fingerprint density at radius 2 is 1.95 bits per heavy atom. The smallest absolute Gasteiger partial charge is 0.125 e. The van der Waals surface area contributed by atoms with Crippen LogP contribution in [0.2, 0.25) is 0 Å². The van der Waals surface area contributed by atoms with Crippen LogP contribution in [0.1, 0.15) is 51.0 Å². The van der Waals surface area contributed by atoms with E-state index in [2.05, 4.69) is 18.3 Å². The molecule has 0 saturated heterocycles. The highest BCUT2D eigenvalue weighted by molar-refractivity contribution is 5.47. The standard InChI is InChI=1S/C16H23FN2/c1-3-4-5-6-7-8-15(12-18)19-16-10-13(2)9-14(17)11-16/h9-11,15,19H,3-8H2,1-2H3. The second kappa shape index (κ2) is 8.53. The summed E-state index contributed by atoms with van der Waals surface area (Å²) in [6.07, 6.45) is 6.73. The van der Waals surface area contributed by atoms with Crippen LogP contribution in [-0.2, 0) is 0 Å². The van der Waals surface area contributed by atoms with Gasteiger partial charge in [0.1, 0.15) is 11.9 Å². The van der Waals surface area contributed by atoms with Crippen molar-refractivity contribution in [2.45, 2.75) is 58.4 Å². The first-order valence-electron chi connectivity index (χ1n) is 7.09. The van der Waals surface area contributed by atoms with E-state index in [4.69, 9.17) is 5.26 Å². The van der Waals surface area contributed by atoms with Crippen LogP contribution in [0.15, 0.2) is 18.2 Å². The SMILES string of the molecule is CCCCCCCC(C#N)Nc1cc(C)cc(F)c1. The fourth-order valence-corrected chi connectivity index (χ4v) is 2.14. The zero-order valence-corrected chi connectivity index (χ0v) is 11.9. The molecule has 0 heterocycles. The maximum atomic E-state index is 13.3. The second-order valence-electron chi connectivity index (χ2n) is 5.05. The molecule has 0 fully saturated rings. The number of hydrogen-bond donors (Lipinski definition) is 1. The van der Waals surface area contributed by atoms with E-state index in [1.165, 1.54) is 31.4 Å². The quantitative estimate of drug-likeness (QED) is 0.683. The van der Waals surface area contributed by atoms with E-state index in [1.54, 1.807) is 0 Å². The molecule has 19 heavy (non-hydrogen) atoms. The summed E-state index contributed by atoms with van der Waals surface area (Å²) in [7, 11) is 0. The number of rotatable bonds is 8. The van der Waals surface area contributed by atoms with Crippen LogP contribution in [-0.4, -0.2) is 6.04 Å². The third-order valence-corrected chi connectivity index (χ3v) is 3.14. The Bertz CT molecular complexity index is 403. The fraction of sp³-hybridized carbons (Fsp3) is 0.562. The normalized spacial score (nSPS) is 11.9. The monoisotopic (exact) mass is 262 g/mol. The lowest BCUT2D eigenvalue weighted by Crippen LogP contribution is -2.17. The van der Waals surface area contributed by atoms with E-state index in [0.29, 0.717) is 5.69 Å². The topological polar surface area (TPSA) is 35.8 Å². The number of nitrogens with one attached hydrogen (secondary N) is 1. The molecule has 1 rings (SSSR count). The highest BCUT2D eigenvalue weighted by Gasteiger charge is 2.07. The summed E-state index contributed by atoms with van der Waals surface area (Å²) in [5, 5.41) is 12.2.